The van der Waals surface area contributed by atoms with Gasteiger partial charge in [0.1, 0.15) is 5.75 Å². The first kappa shape index (κ1) is 22.4. The largest absolute Gasteiger partial charge is 0.497 e. The van der Waals surface area contributed by atoms with Crippen LogP contribution in [0.25, 0.3) is 0 Å². The maximum absolute atomic E-state index is 13.0. The lowest BCUT2D eigenvalue weighted by Gasteiger charge is -2.22. The van der Waals surface area contributed by atoms with E-state index in [2.05, 4.69) is 5.32 Å². The second-order valence-corrected chi connectivity index (χ2v) is 9.08. The smallest absolute Gasteiger partial charge is 0.264 e. The number of amides is 1. The van der Waals surface area contributed by atoms with Crippen molar-refractivity contribution in [1.29, 1.82) is 0 Å². The van der Waals surface area contributed by atoms with E-state index in [-0.39, 0.29) is 10.8 Å². The van der Waals surface area contributed by atoms with Gasteiger partial charge in [0.25, 0.3) is 15.9 Å². The summed E-state index contributed by atoms with van der Waals surface area (Å²) in [4.78, 5) is 12.9. The van der Waals surface area contributed by atoms with Crippen molar-refractivity contribution < 1.29 is 17.9 Å². The highest BCUT2D eigenvalue weighted by molar-refractivity contribution is 7.92. The first-order chi connectivity index (χ1) is 14.8. The number of sulfonamides is 1. The first-order valence-electron chi connectivity index (χ1n) is 9.90. The Labute approximate surface area is 183 Å². The van der Waals surface area contributed by atoms with E-state index in [1.165, 1.54) is 30.6 Å². The van der Waals surface area contributed by atoms with Crippen molar-refractivity contribution in [2.45, 2.75) is 25.2 Å². The van der Waals surface area contributed by atoms with Crippen molar-refractivity contribution in [3.63, 3.8) is 0 Å². The number of carbonyl (C=O) groups excluding carboxylic acids is 1. The van der Waals surface area contributed by atoms with Gasteiger partial charge in [0, 0.05) is 18.3 Å². The molecule has 0 saturated carbocycles. The predicted octanol–water partition coefficient (Wildman–Crippen LogP) is 4.64. The number of ether oxygens (including phenoxy) is 1. The molecule has 0 spiro atoms. The van der Waals surface area contributed by atoms with Gasteiger partial charge in [-0.25, -0.2) is 8.42 Å². The van der Waals surface area contributed by atoms with Crippen LogP contribution in [0, 0.1) is 6.92 Å². The molecule has 31 heavy (non-hydrogen) atoms. The third kappa shape index (κ3) is 4.72. The number of benzene rings is 3. The van der Waals surface area contributed by atoms with Crippen LogP contribution >= 0.6 is 0 Å². The molecule has 0 fully saturated rings. The zero-order valence-electron chi connectivity index (χ0n) is 18.0. The molecule has 0 heterocycles. The number of rotatable bonds is 7. The summed E-state index contributed by atoms with van der Waals surface area (Å²) in [6.07, 6.45) is 0.808. The van der Waals surface area contributed by atoms with E-state index in [1.54, 1.807) is 37.3 Å². The van der Waals surface area contributed by atoms with Crippen LogP contribution in [0.3, 0.4) is 0 Å². The van der Waals surface area contributed by atoms with E-state index in [9.17, 15) is 13.2 Å². The molecule has 3 aromatic rings. The molecular formula is C24H26N2O4S. The summed E-state index contributed by atoms with van der Waals surface area (Å²) in [6.45, 7) is 3.81. The van der Waals surface area contributed by atoms with Crippen LogP contribution in [0.2, 0.25) is 0 Å². The topological polar surface area (TPSA) is 75.7 Å². The number of nitrogens with one attached hydrogen (secondary N) is 1. The summed E-state index contributed by atoms with van der Waals surface area (Å²) in [5.74, 6) is 0.342. The number of hydrogen-bond acceptors (Lipinski definition) is 4. The van der Waals surface area contributed by atoms with Crippen molar-refractivity contribution in [3.05, 3.63) is 83.4 Å². The molecule has 7 heteroatoms. The molecule has 0 aliphatic rings. The molecule has 3 rings (SSSR count). The van der Waals surface area contributed by atoms with Crippen LogP contribution in [0.15, 0.2) is 71.6 Å². The van der Waals surface area contributed by atoms with E-state index in [0.29, 0.717) is 22.6 Å². The van der Waals surface area contributed by atoms with Crippen LogP contribution in [0.4, 0.5) is 11.4 Å². The van der Waals surface area contributed by atoms with Gasteiger partial charge in [0.2, 0.25) is 0 Å². The Kier molecular flexibility index (Phi) is 6.65. The molecule has 6 nitrogen and oxygen atoms in total. The van der Waals surface area contributed by atoms with Gasteiger partial charge in [-0.15, -0.1) is 0 Å². The van der Waals surface area contributed by atoms with Gasteiger partial charge < -0.3 is 10.1 Å². The molecule has 0 radical (unpaired) electrons. The van der Waals surface area contributed by atoms with Crippen LogP contribution in [-0.2, 0) is 16.4 Å². The van der Waals surface area contributed by atoms with Crippen LogP contribution in [0.5, 0.6) is 5.75 Å². The van der Waals surface area contributed by atoms with Gasteiger partial charge in [-0.2, -0.15) is 0 Å². The minimum atomic E-state index is -3.75. The Balaban J connectivity index is 1.84. The van der Waals surface area contributed by atoms with Crippen LogP contribution < -0.4 is 14.4 Å². The lowest BCUT2D eigenvalue weighted by Crippen LogP contribution is -2.27. The average molecular weight is 439 g/mol. The minimum absolute atomic E-state index is 0.160. The molecule has 0 aliphatic carbocycles. The molecule has 0 saturated heterocycles. The summed E-state index contributed by atoms with van der Waals surface area (Å²) in [6, 6.07) is 18.9. The molecular weight excluding hydrogens is 412 g/mol. The third-order valence-corrected chi connectivity index (χ3v) is 6.95. The third-order valence-electron chi connectivity index (χ3n) is 5.16. The first-order valence-corrected chi connectivity index (χ1v) is 11.3. The lowest BCUT2D eigenvalue weighted by atomic mass is 10.1. The molecule has 162 valence electrons. The van der Waals surface area contributed by atoms with Crippen molar-refractivity contribution in [1.82, 2.24) is 0 Å². The lowest BCUT2D eigenvalue weighted by molar-refractivity contribution is 0.102. The molecule has 0 atom stereocenters. The van der Waals surface area contributed by atoms with Crippen molar-refractivity contribution in [2.75, 3.05) is 23.8 Å². The standard InChI is InChI=1S/C24H26N2O4S/c1-5-18-8-6-7-9-22(18)25-24(27)19-10-15-23(17(2)16-19)26(3)31(28,29)21-13-11-20(30-4)12-14-21/h6-16H,5H2,1-4H3,(H,25,27). The number of para-hydroxylation sites is 1. The number of aryl methyl sites for hydroxylation is 2. The summed E-state index contributed by atoms with van der Waals surface area (Å²) >= 11 is 0. The normalized spacial score (nSPS) is 11.1. The number of nitrogens with zero attached hydrogens (tertiary/aromatic N) is 1. The summed E-state index contributed by atoms with van der Waals surface area (Å²) in [5.41, 5.74) is 3.46. The molecule has 1 N–H and O–H groups in total. The fraction of sp³-hybridized carbons (Fsp3) is 0.208. The van der Waals surface area contributed by atoms with E-state index >= 15 is 0 Å². The quantitative estimate of drug-likeness (QED) is 0.583. The maximum Gasteiger partial charge on any atom is 0.264 e. The van der Waals surface area contributed by atoms with Gasteiger partial charge in [-0.05, 0) is 73.0 Å². The Morgan fingerprint density at radius 2 is 1.71 bits per heavy atom. The maximum atomic E-state index is 13.0. The monoisotopic (exact) mass is 438 g/mol. The highest BCUT2D eigenvalue weighted by Crippen LogP contribution is 2.27. The van der Waals surface area contributed by atoms with E-state index in [4.69, 9.17) is 4.74 Å². The average Bonchev–Trinajstić information content (AvgIpc) is 2.78. The summed E-state index contributed by atoms with van der Waals surface area (Å²) in [5, 5.41) is 2.94. The Hall–Kier alpha value is -3.32. The van der Waals surface area contributed by atoms with Crippen molar-refractivity contribution in [2.24, 2.45) is 0 Å². The minimum Gasteiger partial charge on any atom is -0.497 e. The van der Waals surface area contributed by atoms with Gasteiger partial charge in [0.05, 0.1) is 17.7 Å². The predicted molar refractivity (Wildman–Crippen MR) is 124 cm³/mol. The number of methoxy groups -OCH3 is 1. The molecule has 0 aromatic heterocycles. The fourth-order valence-electron chi connectivity index (χ4n) is 3.33. The summed E-state index contributed by atoms with van der Waals surface area (Å²) in [7, 11) is -0.728. The molecule has 0 unspecified atom stereocenters. The van der Waals surface area contributed by atoms with Crippen LogP contribution in [0.1, 0.15) is 28.4 Å². The second-order valence-electron chi connectivity index (χ2n) is 7.11. The van der Waals surface area contributed by atoms with Crippen molar-refractivity contribution in [3.8, 4) is 5.75 Å². The number of carbonyl (C=O) groups is 1. The highest BCUT2D eigenvalue weighted by atomic mass is 32.2. The Morgan fingerprint density at radius 3 is 2.32 bits per heavy atom. The van der Waals surface area contributed by atoms with Gasteiger partial charge in [0.15, 0.2) is 0 Å². The van der Waals surface area contributed by atoms with E-state index in [1.807, 2.05) is 31.2 Å². The van der Waals surface area contributed by atoms with Gasteiger partial charge >= 0.3 is 0 Å². The SMILES string of the molecule is CCc1ccccc1NC(=O)c1ccc(N(C)S(=O)(=O)c2ccc(OC)cc2)c(C)c1. The van der Waals surface area contributed by atoms with Gasteiger partial charge in [-0.1, -0.05) is 25.1 Å². The molecule has 3 aromatic carbocycles. The summed E-state index contributed by atoms with van der Waals surface area (Å²) < 4.78 is 32.4. The second kappa shape index (κ2) is 9.22. The number of anilines is 2. The molecule has 0 bridgehead atoms. The highest BCUT2D eigenvalue weighted by Gasteiger charge is 2.23. The number of hydrogen-bond donors (Lipinski definition) is 1. The van der Waals surface area contributed by atoms with Gasteiger partial charge in [-0.3, -0.25) is 9.10 Å². The van der Waals surface area contributed by atoms with Crippen molar-refractivity contribution >= 4 is 27.3 Å². The van der Waals surface area contributed by atoms with Crippen LogP contribution in [-0.4, -0.2) is 28.5 Å². The Morgan fingerprint density at radius 1 is 1.03 bits per heavy atom. The zero-order valence-corrected chi connectivity index (χ0v) is 18.9. The molecule has 0 aliphatic heterocycles. The molecule has 1 amide bonds. The van der Waals surface area contributed by atoms with E-state index < -0.39 is 10.0 Å². The zero-order chi connectivity index (χ0) is 22.6. The Bertz CT molecular complexity index is 1190. The van der Waals surface area contributed by atoms with E-state index in [0.717, 1.165) is 17.7 Å². The fourth-order valence-corrected chi connectivity index (χ4v) is 4.59.